The van der Waals surface area contributed by atoms with Gasteiger partial charge in [0.05, 0.1) is 0 Å². The van der Waals surface area contributed by atoms with Gasteiger partial charge in [0, 0.05) is 17.8 Å². The summed E-state index contributed by atoms with van der Waals surface area (Å²) in [7, 11) is 0. The summed E-state index contributed by atoms with van der Waals surface area (Å²) in [6.45, 7) is 4.85. The lowest BCUT2D eigenvalue weighted by molar-refractivity contribution is 0.0691. The molecule has 0 bridgehead atoms. The van der Waals surface area contributed by atoms with E-state index in [2.05, 4.69) is 24.2 Å². The normalized spacial score (nSPS) is 10.9. The molecule has 6 nitrogen and oxygen atoms in total. The molecule has 2 rings (SSSR count). The molecule has 1 aromatic carbocycles. The molecule has 0 aliphatic rings. The molecule has 0 atom stereocenters. The van der Waals surface area contributed by atoms with E-state index in [-0.39, 0.29) is 5.69 Å². The van der Waals surface area contributed by atoms with E-state index in [9.17, 15) is 9.90 Å². The predicted octanol–water partition coefficient (Wildman–Crippen LogP) is 2.27. The lowest BCUT2D eigenvalue weighted by atomic mass is 10.1. The molecule has 0 radical (unpaired) electrons. The Balaban J connectivity index is 2.44. The Morgan fingerprint density at radius 3 is 2.55 bits per heavy atom. The minimum absolute atomic E-state index is 0.0291. The van der Waals surface area contributed by atoms with Gasteiger partial charge < -0.3 is 10.8 Å². The van der Waals surface area contributed by atoms with Crippen LogP contribution in [0.15, 0.2) is 24.3 Å². The van der Waals surface area contributed by atoms with Crippen LogP contribution < -0.4 is 5.73 Å². The number of nitrogen functional groups attached to an aromatic ring is 1. The monoisotopic (exact) mass is 274 g/mol. The number of aryl methyl sites for hydroxylation is 1. The van der Waals surface area contributed by atoms with Crippen molar-refractivity contribution in [2.24, 2.45) is 5.92 Å². The Hall–Kier alpha value is -2.37. The molecule has 3 N–H and O–H groups in total. The molecule has 0 aliphatic heterocycles. The molecular weight excluding hydrogens is 256 g/mol. The average molecular weight is 274 g/mol. The van der Waals surface area contributed by atoms with Crippen molar-refractivity contribution < 1.29 is 9.90 Å². The number of aromatic carboxylic acids is 1. The fraction of sp³-hybridized carbons (Fsp3) is 0.357. The number of rotatable bonds is 5. The second kappa shape index (κ2) is 5.73. The molecular formula is C14H18N4O2. The maximum atomic E-state index is 11.3. The SMILES string of the molecule is CC(C)CCn1nnc(C(=O)O)c1-c1ccc(N)cc1. The van der Waals surface area contributed by atoms with Crippen LogP contribution in [0.3, 0.4) is 0 Å². The Morgan fingerprint density at radius 2 is 2.00 bits per heavy atom. The highest BCUT2D eigenvalue weighted by Crippen LogP contribution is 2.24. The molecule has 0 saturated heterocycles. The Bertz CT molecular complexity index is 602. The zero-order valence-electron chi connectivity index (χ0n) is 11.6. The second-order valence-electron chi connectivity index (χ2n) is 5.12. The van der Waals surface area contributed by atoms with Crippen molar-refractivity contribution in [3.63, 3.8) is 0 Å². The molecule has 20 heavy (non-hydrogen) atoms. The van der Waals surface area contributed by atoms with Crippen LogP contribution in [0.5, 0.6) is 0 Å². The van der Waals surface area contributed by atoms with E-state index in [1.807, 2.05) is 0 Å². The molecule has 6 heteroatoms. The van der Waals surface area contributed by atoms with Gasteiger partial charge in [0.1, 0.15) is 5.69 Å². The van der Waals surface area contributed by atoms with Crippen LogP contribution in [0.25, 0.3) is 11.3 Å². The van der Waals surface area contributed by atoms with Crippen LogP contribution >= 0.6 is 0 Å². The number of carbonyl (C=O) groups is 1. The summed E-state index contributed by atoms with van der Waals surface area (Å²) < 4.78 is 1.65. The van der Waals surface area contributed by atoms with E-state index in [0.717, 1.165) is 12.0 Å². The maximum Gasteiger partial charge on any atom is 0.358 e. The zero-order valence-corrected chi connectivity index (χ0v) is 11.6. The van der Waals surface area contributed by atoms with E-state index in [1.165, 1.54) is 0 Å². The second-order valence-corrected chi connectivity index (χ2v) is 5.12. The van der Waals surface area contributed by atoms with Crippen molar-refractivity contribution in [1.29, 1.82) is 0 Å². The number of aromatic nitrogens is 3. The maximum absolute atomic E-state index is 11.3. The van der Waals surface area contributed by atoms with Crippen LogP contribution in [0.4, 0.5) is 5.69 Å². The van der Waals surface area contributed by atoms with E-state index in [0.29, 0.717) is 23.8 Å². The Kier molecular flexibility index (Phi) is 4.02. The highest BCUT2D eigenvalue weighted by atomic mass is 16.4. The summed E-state index contributed by atoms with van der Waals surface area (Å²) in [5.41, 5.74) is 7.54. The first-order valence-corrected chi connectivity index (χ1v) is 6.51. The quantitative estimate of drug-likeness (QED) is 0.816. The molecule has 0 spiro atoms. The molecule has 0 unspecified atom stereocenters. The van der Waals surface area contributed by atoms with Gasteiger partial charge in [-0.3, -0.25) is 0 Å². The van der Waals surface area contributed by atoms with E-state index in [1.54, 1.807) is 28.9 Å². The Labute approximate surface area is 117 Å². The van der Waals surface area contributed by atoms with Gasteiger partial charge in [-0.25, -0.2) is 9.48 Å². The van der Waals surface area contributed by atoms with Gasteiger partial charge in [-0.15, -0.1) is 5.10 Å². The first-order valence-electron chi connectivity index (χ1n) is 6.51. The number of carboxylic acid groups (broad SMARTS) is 1. The van der Waals surface area contributed by atoms with Gasteiger partial charge in [0.2, 0.25) is 0 Å². The van der Waals surface area contributed by atoms with E-state index >= 15 is 0 Å². The Morgan fingerprint density at radius 1 is 1.35 bits per heavy atom. The van der Waals surface area contributed by atoms with Crippen molar-refractivity contribution >= 4 is 11.7 Å². The van der Waals surface area contributed by atoms with Gasteiger partial charge in [0.15, 0.2) is 5.69 Å². The van der Waals surface area contributed by atoms with Crippen molar-refractivity contribution in [2.45, 2.75) is 26.8 Å². The molecule has 1 aromatic heterocycles. The van der Waals surface area contributed by atoms with Crippen LogP contribution in [-0.4, -0.2) is 26.1 Å². The predicted molar refractivity (Wildman–Crippen MR) is 76.3 cm³/mol. The first-order chi connectivity index (χ1) is 9.49. The summed E-state index contributed by atoms with van der Waals surface area (Å²) in [6, 6.07) is 7.04. The fourth-order valence-corrected chi connectivity index (χ4v) is 1.92. The zero-order chi connectivity index (χ0) is 14.7. The minimum Gasteiger partial charge on any atom is -0.476 e. The number of carboxylic acids is 1. The molecule has 106 valence electrons. The highest BCUT2D eigenvalue weighted by molar-refractivity contribution is 5.92. The van der Waals surface area contributed by atoms with Crippen LogP contribution in [0, 0.1) is 5.92 Å². The van der Waals surface area contributed by atoms with Crippen molar-refractivity contribution in [2.75, 3.05) is 5.73 Å². The summed E-state index contributed by atoms with van der Waals surface area (Å²) in [4.78, 5) is 11.3. The number of benzene rings is 1. The van der Waals surface area contributed by atoms with Gasteiger partial charge in [-0.05, 0) is 24.5 Å². The summed E-state index contributed by atoms with van der Waals surface area (Å²) >= 11 is 0. The summed E-state index contributed by atoms with van der Waals surface area (Å²) in [5.74, 6) is -0.570. The van der Waals surface area contributed by atoms with Crippen LogP contribution in [0.2, 0.25) is 0 Å². The molecule has 0 saturated carbocycles. The van der Waals surface area contributed by atoms with Crippen LogP contribution in [0.1, 0.15) is 30.8 Å². The molecule has 1 heterocycles. The van der Waals surface area contributed by atoms with E-state index < -0.39 is 5.97 Å². The number of nitrogens with zero attached hydrogens (tertiary/aromatic N) is 3. The third-order valence-corrected chi connectivity index (χ3v) is 3.04. The largest absolute Gasteiger partial charge is 0.476 e. The molecule has 0 aliphatic carbocycles. The summed E-state index contributed by atoms with van der Waals surface area (Å²) in [6.07, 6.45) is 0.907. The third kappa shape index (κ3) is 2.96. The number of anilines is 1. The van der Waals surface area contributed by atoms with Crippen LogP contribution in [-0.2, 0) is 6.54 Å². The lowest BCUT2D eigenvalue weighted by Gasteiger charge is -2.09. The lowest BCUT2D eigenvalue weighted by Crippen LogP contribution is -2.07. The fourth-order valence-electron chi connectivity index (χ4n) is 1.92. The molecule has 0 amide bonds. The summed E-state index contributed by atoms with van der Waals surface area (Å²) in [5, 5.41) is 17.0. The first kappa shape index (κ1) is 14.0. The van der Waals surface area contributed by atoms with Gasteiger partial charge in [-0.1, -0.05) is 31.2 Å². The number of hydrogen-bond donors (Lipinski definition) is 2. The number of hydrogen-bond acceptors (Lipinski definition) is 4. The topological polar surface area (TPSA) is 94.0 Å². The highest BCUT2D eigenvalue weighted by Gasteiger charge is 2.20. The number of nitrogens with two attached hydrogens (primary N) is 1. The molecule has 0 fully saturated rings. The van der Waals surface area contributed by atoms with Crippen molar-refractivity contribution in [3.8, 4) is 11.3 Å². The minimum atomic E-state index is -1.08. The van der Waals surface area contributed by atoms with Crippen molar-refractivity contribution in [3.05, 3.63) is 30.0 Å². The molecule has 2 aromatic rings. The standard InChI is InChI=1S/C14H18N4O2/c1-9(2)7-8-18-13(12(14(19)20)16-17-18)10-3-5-11(15)6-4-10/h3-6,9H,7-8,15H2,1-2H3,(H,19,20). The van der Waals surface area contributed by atoms with Gasteiger partial charge in [-0.2, -0.15) is 0 Å². The third-order valence-electron chi connectivity index (χ3n) is 3.04. The van der Waals surface area contributed by atoms with Crippen molar-refractivity contribution in [1.82, 2.24) is 15.0 Å². The average Bonchev–Trinajstić information content (AvgIpc) is 2.81. The van der Waals surface area contributed by atoms with Gasteiger partial charge in [0.25, 0.3) is 0 Å². The smallest absolute Gasteiger partial charge is 0.358 e. The van der Waals surface area contributed by atoms with E-state index in [4.69, 9.17) is 5.73 Å². The van der Waals surface area contributed by atoms with Gasteiger partial charge >= 0.3 is 5.97 Å².